The van der Waals surface area contributed by atoms with Gasteiger partial charge >= 0.3 is 0 Å². The van der Waals surface area contributed by atoms with Gasteiger partial charge in [-0.3, -0.25) is 9.88 Å². The minimum atomic E-state index is -0.298. The van der Waals surface area contributed by atoms with Crippen molar-refractivity contribution in [3.05, 3.63) is 29.8 Å². The molecule has 0 bridgehead atoms. The molecule has 4 heteroatoms. The molecule has 0 amide bonds. The summed E-state index contributed by atoms with van der Waals surface area (Å²) in [5, 5.41) is 8.58. The molecule has 1 aliphatic carbocycles. The van der Waals surface area contributed by atoms with Gasteiger partial charge in [-0.1, -0.05) is 0 Å². The van der Waals surface area contributed by atoms with Crippen LogP contribution in [0.2, 0.25) is 0 Å². The minimum absolute atomic E-state index is 0.298. The summed E-state index contributed by atoms with van der Waals surface area (Å²) in [7, 11) is 0. The maximum absolute atomic E-state index is 13.0. The number of hydrogen-bond donors (Lipinski definition) is 0. The Morgan fingerprint density at radius 1 is 1.50 bits per heavy atom. The van der Waals surface area contributed by atoms with Crippen LogP contribution >= 0.6 is 0 Å². The fourth-order valence-corrected chi connectivity index (χ4v) is 1.80. The Kier molecular flexibility index (Phi) is 3.47. The fraction of sp³-hybridized carbons (Fsp3) is 0.500. The highest BCUT2D eigenvalue weighted by Crippen LogP contribution is 2.28. The van der Waals surface area contributed by atoms with Gasteiger partial charge in [0.05, 0.1) is 12.3 Å². The van der Waals surface area contributed by atoms with Crippen LogP contribution in [0.5, 0.6) is 0 Å². The van der Waals surface area contributed by atoms with Crippen molar-refractivity contribution in [3.63, 3.8) is 0 Å². The van der Waals surface area contributed by atoms with E-state index in [0.29, 0.717) is 19.0 Å². The average Bonchev–Trinajstić information content (AvgIpc) is 3.08. The van der Waals surface area contributed by atoms with Crippen LogP contribution in [-0.4, -0.2) is 22.5 Å². The zero-order chi connectivity index (χ0) is 11.4. The van der Waals surface area contributed by atoms with E-state index >= 15 is 0 Å². The highest BCUT2D eigenvalue weighted by atomic mass is 19.1. The number of hydrogen-bond acceptors (Lipinski definition) is 3. The molecule has 1 aromatic heterocycles. The number of halogens is 1. The summed E-state index contributed by atoms with van der Waals surface area (Å²) in [5.41, 5.74) is 0.879. The standard InChI is InChI=1S/C12H14FN3/c13-11-6-10(7-15-8-11)9-16(5-1-4-14)12-2-3-12/h6-8,12H,1-3,5,9H2. The molecule has 1 aliphatic rings. The lowest BCUT2D eigenvalue weighted by molar-refractivity contribution is 0.260. The van der Waals surface area contributed by atoms with Gasteiger partial charge < -0.3 is 0 Å². The first-order valence-corrected chi connectivity index (χ1v) is 5.50. The molecule has 3 nitrogen and oxygen atoms in total. The van der Waals surface area contributed by atoms with Crippen molar-refractivity contribution in [2.24, 2.45) is 0 Å². The average molecular weight is 219 g/mol. The van der Waals surface area contributed by atoms with E-state index < -0.39 is 0 Å². The number of nitriles is 1. The summed E-state index contributed by atoms with van der Waals surface area (Å²) >= 11 is 0. The van der Waals surface area contributed by atoms with Crippen LogP contribution in [0.15, 0.2) is 18.5 Å². The molecule has 0 saturated heterocycles. The van der Waals surface area contributed by atoms with Crippen LogP contribution in [0.1, 0.15) is 24.8 Å². The van der Waals surface area contributed by atoms with Gasteiger partial charge in [0.2, 0.25) is 0 Å². The van der Waals surface area contributed by atoms with Gasteiger partial charge in [0.1, 0.15) is 5.82 Å². The van der Waals surface area contributed by atoms with Gasteiger partial charge in [0, 0.05) is 31.7 Å². The smallest absolute Gasteiger partial charge is 0.141 e. The zero-order valence-electron chi connectivity index (χ0n) is 9.06. The molecule has 0 aliphatic heterocycles. The van der Waals surface area contributed by atoms with Crippen molar-refractivity contribution in [2.75, 3.05) is 6.54 Å². The molecule has 1 saturated carbocycles. The fourth-order valence-electron chi connectivity index (χ4n) is 1.80. The van der Waals surface area contributed by atoms with Crippen molar-refractivity contribution in [3.8, 4) is 6.07 Å². The Labute approximate surface area is 94.5 Å². The summed E-state index contributed by atoms with van der Waals surface area (Å²) in [6.45, 7) is 1.45. The number of rotatable bonds is 5. The lowest BCUT2D eigenvalue weighted by atomic mass is 10.2. The quantitative estimate of drug-likeness (QED) is 0.761. The molecule has 0 atom stereocenters. The first-order chi connectivity index (χ1) is 7.79. The van der Waals surface area contributed by atoms with E-state index in [1.807, 2.05) is 0 Å². The molecular weight excluding hydrogens is 205 g/mol. The molecule has 0 spiro atoms. The van der Waals surface area contributed by atoms with Crippen LogP contribution in [0, 0.1) is 17.1 Å². The predicted molar refractivity (Wildman–Crippen MR) is 57.9 cm³/mol. The zero-order valence-corrected chi connectivity index (χ0v) is 9.06. The molecular formula is C12H14FN3. The third-order valence-corrected chi connectivity index (χ3v) is 2.72. The van der Waals surface area contributed by atoms with Crippen molar-refractivity contribution in [1.29, 1.82) is 5.26 Å². The van der Waals surface area contributed by atoms with E-state index in [-0.39, 0.29) is 5.82 Å². The lowest BCUT2D eigenvalue weighted by Gasteiger charge is -2.20. The SMILES string of the molecule is N#CCCN(Cc1cncc(F)c1)C1CC1. The van der Waals surface area contributed by atoms with Crippen LogP contribution in [0.25, 0.3) is 0 Å². The second-order valence-electron chi connectivity index (χ2n) is 4.12. The minimum Gasteiger partial charge on any atom is -0.295 e. The number of nitrogens with zero attached hydrogens (tertiary/aromatic N) is 3. The Morgan fingerprint density at radius 3 is 2.94 bits per heavy atom. The maximum atomic E-state index is 13.0. The van der Waals surface area contributed by atoms with E-state index in [0.717, 1.165) is 12.1 Å². The molecule has 84 valence electrons. The number of pyridine rings is 1. The van der Waals surface area contributed by atoms with Crippen molar-refractivity contribution >= 4 is 0 Å². The highest BCUT2D eigenvalue weighted by molar-refractivity contribution is 5.10. The molecule has 1 aromatic rings. The summed E-state index contributed by atoms with van der Waals surface area (Å²) < 4.78 is 13.0. The summed E-state index contributed by atoms with van der Waals surface area (Å²) in [6, 6.07) is 4.24. The Hall–Kier alpha value is -1.47. The molecule has 0 aromatic carbocycles. The van der Waals surface area contributed by atoms with E-state index in [2.05, 4.69) is 16.0 Å². The van der Waals surface area contributed by atoms with E-state index in [1.165, 1.54) is 25.1 Å². The molecule has 0 unspecified atom stereocenters. The van der Waals surface area contributed by atoms with Gasteiger partial charge in [-0.2, -0.15) is 5.26 Å². The monoisotopic (exact) mass is 219 g/mol. The summed E-state index contributed by atoms with van der Waals surface area (Å²) in [5.74, 6) is -0.298. The molecule has 2 rings (SSSR count). The normalized spacial score (nSPS) is 15.1. The topological polar surface area (TPSA) is 39.9 Å². The molecule has 0 N–H and O–H groups in total. The second-order valence-corrected chi connectivity index (χ2v) is 4.12. The molecule has 0 radical (unpaired) electrons. The van der Waals surface area contributed by atoms with E-state index in [4.69, 9.17) is 5.26 Å². The van der Waals surface area contributed by atoms with Gasteiger partial charge in [-0.05, 0) is 24.5 Å². The van der Waals surface area contributed by atoms with Crippen LogP contribution < -0.4 is 0 Å². The van der Waals surface area contributed by atoms with Crippen LogP contribution in [-0.2, 0) is 6.54 Å². The maximum Gasteiger partial charge on any atom is 0.141 e. The van der Waals surface area contributed by atoms with Gasteiger partial charge in [-0.15, -0.1) is 0 Å². The van der Waals surface area contributed by atoms with Gasteiger partial charge in [0.25, 0.3) is 0 Å². The third-order valence-electron chi connectivity index (χ3n) is 2.72. The number of aromatic nitrogens is 1. The first kappa shape index (κ1) is 11.0. The largest absolute Gasteiger partial charge is 0.295 e. The summed E-state index contributed by atoms with van der Waals surface area (Å²) in [6.07, 6.45) is 5.80. The molecule has 1 fully saturated rings. The predicted octanol–water partition coefficient (Wildman–Crippen LogP) is 2.10. The Morgan fingerprint density at radius 2 is 2.31 bits per heavy atom. The van der Waals surface area contributed by atoms with Crippen molar-refractivity contribution in [2.45, 2.75) is 31.8 Å². The van der Waals surface area contributed by atoms with Crippen molar-refractivity contribution in [1.82, 2.24) is 9.88 Å². The second kappa shape index (κ2) is 5.04. The van der Waals surface area contributed by atoms with Crippen LogP contribution in [0.4, 0.5) is 4.39 Å². The Bertz CT molecular complexity index is 395. The molecule has 1 heterocycles. The highest BCUT2D eigenvalue weighted by Gasteiger charge is 2.28. The third kappa shape index (κ3) is 3.01. The van der Waals surface area contributed by atoms with Crippen molar-refractivity contribution < 1.29 is 4.39 Å². The van der Waals surface area contributed by atoms with E-state index in [1.54, 1.807) is 6.20 Å². The van der Waals surface area contributed by atoms with Gasteiger partial charge in [0.15, 0.2) is 0 Å². The summed E-state index contributed by atoms with van der Waals surface area (Å²) in [4.78, 5) is 6.07. The Balaban J connectivity index is 1.97. The van der Waals surface area contributed by atoms with E-state index in [9.17, 15) is 4.39 Å². The van der Waals surface area contributed by atoms with Gasteiger partial charge in [-0.25, -0.2) is 4.39 Å². The first-order valence-electron chi connectivity index (χ1n) is 5.50. The molecule has 16 heavy (non-hydrogen) atoms. The lowest BCUT2D eigenvalue weighted by Crippen LogP contribution is -2.26. The van der Waals surface area contributed by atoms with Crippen LogP contribution in [0.3, 0.4) is 0 Å².